The van der Waals surface area contributed by atoms with Crippen LogP contribution in [0.2, 0.25) is 0 Å². The van der Waals surface area contributed by atoms with Gasteiger partial charge in [-0.2, -0.15) is 0 Å². The summed E-state index contributed by atoms with van der Waals surface area (Å²) in [7, 11) is 0. The van der Waals surface area contributed by atoms with Crippen molar-refractivity contribution in [2.75, 3.05) is 6.61 Å². The maximum atomic E-state index is 11.9. The number of aryl methyl sites for hydroxylation is 1. The van der Waals surface area contributed by atoms with Gasteiger partial charge in [-0.25, -0.2) is 9.59 Å². The molecule has 0 bridgehead atoms. The summed E-state index contributed by atoms with van der Waals surface area (Å²) in [6.07, 6.45) is 5.85. The predicted molar refractivity (Wildman–Crippen MR) is 68.6 cm³/mol. The lowest BCUT2D eigenvalue weighted by Crippen LogP contribution is -2.16. The van der Waals surface area contributed by atoms with Crippen molar-refractivity contribution in [1.29, 1.82) is 0 Å². The van der Waals surface area contributed by atoms with E-state index in [0.29, 0.717) is 5.69 Å². The van der Waals surface area contributed by atoms with Crippen LogP contribution in [0.1, 0.15) is 40.3 Å². The standard InChI is InChI=1S/C14H15NO4/c1-5-9(3)19-14(17)12-7-11(8-15-10(12)4)13(16)18-6-2/h1,7-9H,6H2,2-4H3. The number of hydrogen-bond donors (Lipinski definition) is 0. The topological polar surface area (TPSA) is 65.5 Å². The molecule has 0 fully saturated rings. The minimum atomic E-state index is -0.641. The van der Waals surface area contributed by atoms with Gasteiger partial charge in [0.15, 0.2) is 6.10 Å². The summed E-state index contributed by atoms with van der Waals surface area (Å²) in [5.74, 6) is 1.14. The number of terminal acetylenes is 1. The molecule has 0 N–H and O–H groups in total. The second kappa shape index (κ2) is 6.55. The van der Waals surface area contributed by atoms with Gasteiger partial charge in [-0.1, -0.05) is 5.92 Å². The van der Waals surface area contributed by atoms with Crippen molar-refractivity contribution < 1.29 is 19.1 Å². The van der Waals surface area contributed by atoms with E-state index in [1.54, 1.807) is 20.8 Å². The van der Waals surface area contributed by atoms with E-state index in [-0.39, 0.29) is 17.7 Å². The van der Waals surface area contributed by atoms with Crippen LogP contribution in [-0.2, 0) is 9.47 Å². The number of carbonyl (C=O) groups excluding carboxylic acids is 2. The van der Waals surface area contributed by atoms with E-state index in [1.807, 2.05) is 0 Å². The molecule has 1 rings (SSSR count). The molecular formula is C14H15NO4. The highest BCUT2D eigenvalue weighted by Crippen LogP contribution is 2.12. The van der Waals surface area contributed by atoms with Crippen molar-refractivity contribution >= 4 is 11.9 Å². The molecule has 0 aromatic carbocycles. The zero-order chi connectivity index (χ0) is 14.4. The minimum Gasteiger partial charge on any atom is -0.462 e. The van der Waals surface area contributed by atoms with Crippen molar-refractivity contribution in [3.8, 4) is 12.3 Å². The third kappa shape index (κ3) is 3.81. The summed E-state index contributed by atoms with van der Waals surface area (Å²) in [6, 6.07) is 1.39. The van der Waals surface area contributed by atoms with Crippen LogP contribution in [0.25, 0.3) is 0 Å². The quantitative estimate of drug-likeness (QED) is 0.610. The molecule has 100 valence electrons. The lowest BCUT2D eigenvalue weighted by atomic mass is 10.1. The number of ether oxygens (including phenoxy) is 2. The van der Waals surface area contributed by atoms with Gasteiger partial charge in [-0.15, -0.1) is 6.42 Å². The summed E-state index contributed by atoms with van der Waals surface area (Å²) < 4.78 is 9.84. The monoisotopic (exact) mass is 261 g/mol. The predicted octanol–water partition coefficient (Wildman–Crippen LogP) is 1.75. The Bertz CT molecular complexity index is 531. The highest BCUT2D eigenvalue weighted by atomic mass is 16.5. The molecular weight excluding hydrogens is 246 g/mol. The molecule has 1 heterocycles. The number of pyridine rings is 1. The van der Waals surface area contributed by atoms with Gasteiger partial charge >= 0.3 is 11.9 Å². The number of nitrogens with zero attached hydrogens (tertiary/aromatic N) is 1. The number of esters is 2. The molecule has 1 aromatic rings. The molecule has 0 radical (unpaired) electrons. The lowest BCUT2D eigenvalue weighted by Gasteiger charge is -2.10. The first-order valence-electron chi connectivity index (χ1n) is 5.80. The SMILES string of the molecule is C#CC(C)OC(=O)c1cc(C(=O)OCC)cnc1C. The van der Waals surface area contributed by atoms with Gasteiger partial charge in [-0.05, 0) is 26.8 Å². The van der Waals surface area contributed by atoms with Crippen LogP contribution in [0.5, 0.6) is 0 Å². The first kappa shape index (κ1) is 14.7. The molecule has 1 atom stereocenters. The fourth-order valence-corrected chi connectivity index (χ4v) is 1.32. The highest BCUT2D eigenvalue weighted by molar-refractivity contribution is 5.95. The highest BCUT2D eigenvalue weighted by Gasteiger charge is 2.17. The van der Waals surface area contributed by atoms with Crippen LogP contribution in [-0.4, -0.2) is 29.6 Å². The smallest absolute Gasteiger partial charge is 0.341 e. The molecule has 0 saturated heterocycles. The Labute approximate surface area is 111 Å². The fourth-order valence-electron chi connectivity index (χ4n) is 1.32. The molecule has 5 heteroatoms. The average Bonchev–Trinajstić information content (AvgIpc) is 2.39. The number of carbonyl (C=O) groups is 2. The first-order valence-corrected chi connectivity index (χ1v) is 5.80. The Balaban J connectivity index is 3.01. The van der Waals surface area contributed by atoms with Gasteiger partial charge < -0.3 is 9.47 Å². The molecule has 5 nitrogen and oxygen atoms in total. The molecule has 0 aliphatic heterocycles. The summed E-state index contributed by atoms with van der Waals surface area (Å²) in [6.45, 7) is 5.17. The molecule has 1 aromatic heterocycles. The second-order valence-corrected chi connectivity index (χ2v) is 3.79. The van der Waals surface area contributed by atoms with Crippen LogP contribution >= 0.6 is 0 Å². The minimum absolute atomic E-state index is 0.202. The first-order chi connectivity index (χ1) is 8.99. The van der Waals surface area contributed by atoms with E-state index < -0.39 is 18.0 Å². The summed E-state index contributed by atoms with van der Waals surface area (Å²) in [5, 5.41) is 0. The van der Waals surface area contributed by atoms with Crippen molar-refractivity contribution in [2.24, 2.45) is 0 Å². The van der Waals surface area contributed by atoms with E-state index in [0.717, 1.165) is 0 Å². The van der Waals surface area contributed by atoms with Crippen molar-refractivity contribution in [3.05, 3.63) is 29.1 Å². The number of aromatic nitrogens is 1. The summed E-state index contributed by atoms with van der Waals surface area (Å²) in [4.78, 5) is 27.4. The maximum absolute atomic E-state index is 11.9. The summed E-state index contributed by atoms with van der Waals surface area (Å²) in [5.41, 5.74) is 0.864. The fraction of sp³-hybridized carbons (Fsp3) is 0.357. The van der Waals surface area contributed by atoms with Crippen LogP contribution < -0.4 is 0 Å². The van der Waals surface area contributed by atoms with Gasteiger partial charge in [0.1, 0.15) is 0 Å². The van der Waals surface area contributed by atoms with Crippen LogP contribution in [0.15, 0.2) is 12.3 Å². The van der Waals surface area contributed by atoms with E-state index in [1.165, 1.54) is 12.3 Å². The van der Waals surface area contributed by atoms with E-state index >= 15 is 0 Å². The van der Waals surface area contributed by atoms with E-state index in [4.69, 9.17) is 15.9 Å². The number of rotatable bonds is 4. The van der Waals surface area contributed by atoms with E-state index in [2.05, 4.69) is 10.9 Å². The molecule has 19 heavy (non-hydrogen) atoms. The molecule has 0 saturated carbocycles. The Hall–Kier alpha value is -2.35. The van der Waals surface area contributed by atoms with Gasteiger partial charge in [0.05, 0.1) is 23.4 Å². The van der Waals surface area contributed by atoms with Crippen molar-refractivity contribution in [2.45, 2.75) is 26.9 Å². The molecule has 0 spiro atoms. The Morgan fingerprint density at radius 2 is 2.16 bits per heavy atom. The number of hydrogen-bond acceptors (Lipinski definition) is 5. The van der Waals surface area contributed by atoms with Gasteiger partial charge in [0, 0.05) is 6.20 Å². The molecule has 1 unspecified atom stereocenters. The maximum Gasteiger partial charge on any atom is 0.341 e. The molecule has 0 amide bonds. The van der Waals surface area contributed by atoms with Crippen LogP contribution in [0.4, 0.5) is 0 Å². The molecule has 0 aliphatic carbocycles. The molecule has 0 aliphatic rings. The van der Waals surface area contributed by atoms with Crippen LogP contribution in [0, 0.1) is 19.3 Å². The van der Waals surface area contributed by atoms with Gasteiger partial charge in [-0.3, -0.25) is 4.98 Å². The normalized spacial score (nSPS) is 11.3. The van der Waals surface area contributed by atoms with Crippen molar-refractivity contribution in [1.82, 2.24) is 4.98 Å². The van der Waals surface area contributed by atoms with Crippen LogP contribution in [0.3, 0.4) is 0 Å². The third-order valence-corrected chi connectivity index (χ3v) is 2.34. The van der Waals surface area contributed by atoms with Gasteiger partial charge in [0.2, 0.25) is 0 Å². The zero-order valence-electron chi connectivity index (χ0n) is 11.1. The zero-order valence-corrected chi connectivity index (χ0v) is 11.1. The van der Waals surface area contributed by atoms with E-state index in [9.17, 15) is 9.59 Å². The summed E-state index contributed by atoms with van der Waals surface area (Å²) >= 11 is 0. The Morgan fingerprint density at radius 1 is 1.47 bits per heavy atom. The lowest BCUT2D eigenvalue weighted by molar-refractivity contribution is 0.0437. The Kier molecular flexibility index (Phi) is 5.07. The van der Waals surface area contributed by atoms with Crippen molar-refractivity contribution in [3.63, 3.8) is 0 Å². The second-order valence-electron chi connectivity index (χ2n) is 3.79. The largest absolute Gasteiger partial charge is 0.462 e. The third-order valence-electron chi connectivity index (χ3n) is 2.34. The average molecular weight is 261 g/mol. The van der Waals surface area contributed by atoms with Gasteiger partial charge in [0.25, 0.3) is 0 Å². The Morgan fingerprint density at radius 3 is 2.74 bits per heavy atom.